The molecule has 0 amide bonds. The molecule has 0 bridgehead atoms. The highest BCUT2D eigenvalue weighted by atomic mass is 16.5. The van der Waals surface area contributed by atoms with Crippen LogP contribution in [0.1, 0.15) is 18.4 Å². The van der Waals surface area contributed by atoms with E-state index in [0.29, 0.717) is 11.8 Å². The molecule has 0 aliphatic carbocycles. The quantitative estimate of drug-likeness (QED) is 0.880. The van der Waals surface area contributed by atoms with Crippen LogP contribution < -0.4 is 4.90 Å². The van der Waals surface area contributed by atoms with E-state index in [9.17, 15) is 5.11 Å². The molecular weight excluding hydrogens is 230 g/mol. The predicted octanol–water partition coefficient (Wildman–Crippen LogP) is 2.35. The summed E-state index contributed by atoms with van der Waals surface area (Å²) in [4.78, 5) is 6.53. The first-order valence-electron chi connectivity index (χ1n) is 6.13. The maximum absolute atomic E-state index is 9.49. The lowest BCUT2D eigenvalue weighted by Crippen LogP contribution is -2.18. The summed E-state index contributed by atoms with van der Waals surface area (Å²) in [5.41, 5.74) is 1.64. The summed E-state index contributed by atoms with van der Waals surface area (Å²) in [5, 5.41) is 13.5. The molecule has 3 rings (SSSR count). The molecule has 0 unspecified atom stereocenters. The van der Waals surface area contributed by atoms with E-state index in [-0.39, 0.29) is 5.75 Å². The number of anilines is 1. The molecule has 18 heavy (non-hydrogen) atoms. The summed E-state index contributed by atoms with van der Waals surface area (Å²) in [7, 11) is 0. The number of benzene rings is 1. The summed E-state index contributed by atoms with van der Waals surface area (Å²) in [6, 6.07) is 5.27. The summed E-state index contributed by atoms with van der Waals surface area (Å²) >= 11 is 0. The third-order valence-electron chi connectivity index (χ3n) is 3.25. The average molecular weight is 245 g/mol. The van der Waals surface area contributed by atoms with Crippen LogP contribution in [0.3, 0.4) is 0 Å². The normalized spacial score (nSPS) is 15.3. The first-order chi connectivity index (χ1) is 8.74. The van der Waals surface area contributed by atoms with E-state index >= 15 is 0 Å². The number of hydrogen-bond donors (Lipinski definition) is 1. The molecule has 1 aromatic heterocycles. The first kappa shape index (κ1) is 11.1. The van der Waals surface area contributed by atoms with Crippen LogP contribution in [0.5, 0.6) is 5.75 Å². The van der Waals surface area contributed by atoms with E-state index < -0.39 is 0 Å². The van der Waals surface area contributed by atoms with E-state index in [0.717, 1.165) is 24.2 Å². The van der Waals surface area contributed by atoms with Gasteiger partial charge in [-0.05, 0) is 48.7 Å². The number of aryl methyl sites for hydroxylation is 1. The second-order valence-corrected chi connectivity index (χ2v) is 4.59. The highest BCUT2D eigenvalue weighted by Crippen LogP contribution is 2.26. The molecule has 1 aliphatic heterocycles. The lowest BCUT2D eigenvalue weighted by Gasteiger charge is -2.09. The molecule has 0 atom stereocenters. The zero-order valence-electron chi connectivity index (χ0n) is 10.3. The number of phenols is 1. The Hall–Kier alpha value is -2.04. The number of rotatable bonds is 2. The summed E-state index contributed by atoms with van der Waals surface area (Å²) in [6.07, 6.45) is 2.37. The molecule has 5 heteroatoms. The number of nitrogens with zero attached hydrogens (tertiary/aromatic N) is 3. The maximum Gasteiger partial charge on any atom is 0.266 e. The topological polar surface area (TPSA) is 62.4 Å². The van der Waals surface area contributed by atoms with Gasteiger partial charge in [0.1, 0.15) is 5.75 Å². The molecule has 1 fully saturated rings. The highest BCUT2D eigenvalue weighted by Gasteiger charge is 2.18. The minimum absolute atomic E-state index is 0.276. The Bertz CT molecular complexity index is 559. The second kappa shape index (κ2) is 4.33. The fourth-order valence-electron chi connectivity index (χ4n) is 2.17. The Kier molecular flexibility index (Phi) is 2.66. The largest absolute Gasteiger partial charge is 0.508 e. The zero-order valence-corrected chi connectivity index (χ0v) is 10.3. The lowest BCUT2D eigenvalue weighted by atomic mass is 10.1. The van der Waals surface area contributed by atoms with Gasteiger partial charge in [-0.15, -0.1) is 0 Å². The van der Waals surface area contributed by atoms with Gasteiger partial charge < -0.3 is 14.5 Å². The molecule has 0 spiro atoms. The third-order valence-corrected chi connectivity index (χ3v) is 3.25. The van der Waals surface area contributed by atoms with Crippen molar-refractivity contribution in [1.82, 2.24) is 10.1 Å². The van der Waals surface area contributed by atoms with Gasteiger partial charge in [-0.25, -0.2) is 0 Å². The number of hydrogen-bond acceptors (Lipinski definition) is 5. The monoisotopic (exact) mass is 245 g/mol. The Morgan fingerprint density at radius 2 is 2.06 bits per heavy atom. The van der Waals surface area contributed by atoms with Crippen molar-refractivity contribution in [1.29, 1.82) is 0 Å². The minimum Gasteiger partial charge on any atom is -0.508 e. The highest BCUT2D eigenvalue weighted by molar-refractivity contribution is 5.58. The van der Waals surface area contributed by atoms with Crippen LogP contribution in [0, 0.1) is 6.92 Å². The molecule has 2 aromatic rings. The van der Waals surface area contributed by atoms with Gasteiger partial charge in [-0.1, -0.05) is 0 Å². The van der Waals surface area contributed by atoms with Gasteiger partial charge in [0.2, 0.25) is 0 Å². The maximum atomic E-state index is 9.49. The van der Waals surface area contributed by atoms with Gasteiger partial charge >= 0.3 is 0 Å². The van der Waals surface area contributed by atoms with Crippen LogP contribution in [0.25, 0.3) is 11.5 Å². The fraction of sp³-hybridized carbons (Fsp3) is 0.385. The Labute approximate surface area is 105 Å². The average Bonchev–Trinajstić information content (AvgIpc) is 3.01. The van der Waals surface area contributed by atoms with Gasteiger partial charge in [0.25, 0.3) is 11.8 Å². The lowest BCUT2D eigenvalue weighted by molar-refractivity contribution is 0.429. The molecule has 94 valence electrons. The van der Waals surface area contributed by atoms with Gasteiger partial charge in [0, 0.05) is 18.7 Å². The van der Waals surface area contributed by atoms with E-state index in [2.05, 4.69) is 15.0 Å². The smallest absolute Gasteiger partial charge is 0.266 e. The van der Waals surface area contributed by atoms with Gasteiger partial charge in [0.15, 0.2) is 0 Å². The Morgan fingerprint density at radius 3 is 2.78 bits per heavy atom. The van der Waals surface area contributed by atoms with Gasteiger partial charge in [-0.3, -0.25) is 0 Å². The van der Waals surface area contributed by atoms with Gasteiger partial charge in [-0.2, -0.15) is 4.98 Å². The van der Waals surface area contributed by atoms with Crippen LogP contribution in [-0.4, -0.2) is 28.3 Å². The number of phenolic OH excluding ortho intramolecular Hbond substituents is 1. The minimum atomic E-state index is 0.276. The summed E-state index contributed by atoms with van der Waals surface area (Å²) in [5.74, 6) is 1.44. The molecule has 0 radical (unpaired) electrons. The molecule has 0 saturated carbocycles. The van der Waals surface area contributed by atoms with E-state index in [1.165, 1.54) is 12.8 Å². The van der Waals surface area contributed by atoms with Crippen molar-refractivity contribution in [2.24, 2.45) is 0 Å². The van der Waals surface area contributed by atoms with Crippen LogP contribution in [-0.2, 0) is 0 Å². The zero-order chi connectivity index (χ0) is 12.5. The van der Waals surface area contributed by atoms with Crippen LogP contribution in [0.4, 0.5) is 5.95 Å². The molecule has 1 aromatic carbocycles. The SMILES string of the molecule is Cc1cc(-c2nc(N3CCCC3)no2)ccc1O. The molecular formula is C13H15N3O2. The van der Waals surface area contributed by atoms with Crippen molar-refractivity contribution >= 4 is 5.95 Å². The molecule has 1 N–H and O–H groups in total. The van der Waals surface area contributed by atoms with Crippen LogP contribution in [0.2, 0.25) is 0 Å². The fourth-order valence-corrected chi connectivity index (χ4v) is 2.17. The molecule has 5 nitrogen and oxygen atoms in total. The molecule has 2 heterocycles. The third kappa shape index (κ3) is 1.92. The van der Waals surface area contributed by atoms with Crippen molar-refractivity contribution in [3.05, 3.63) is 23.8 Å². The Morgan fingerprint density at radius 1 is 1.28 bits per heavy atom. The van der Waals surface area contributed by atoms with Crippen molar-refractivity contribution in [2.45, 2.75) is 19.8 Å². The van der Waals surface area contributed by atoms with Crippen LogP contribution >= 0.6 is 0 Å². The van der Waals surface area contributed by atoms with Crippen molar-refractivity contribution in [3.8, 4) is 17.2 Å². The van der Waals surface area contributed by atoms with E-state index in [1.54, 1.807) is 12.1 Å². The summed E-state index contributed by atoms with van der Waals surface area (Å²) < 4.78 is 5.27. The number of aromatic nitrogens is 2. The van der Waals surface area contributed by atoms with Crippen LogP contribution in [0.15, 0.2) is 22.7 Å². The predicted molar refractivity (Wildman–Crippen MR) is 67.6 cm³/mol. The molecule has 1 saturated heterocycles. The van der Waals surface area contributed by atoms with Crippen molar-refractivity contribution in [3.63, 3.8) is 0 Å². The summed E-state index contributed by atoms with van der Waals surface area (Å²) in [6.45, 7) is 3.83. The molecule has 1 aliphatic rings. The second-order valence-electron chi connectivity index (χ2n) is 4.59. The standard InChI is InChI=1S/C13H15N3O2/c1-9-8-10(4-5-11(9)17)12-14-13(15-18-12)16-6-2-3-7-16/h4-5,8,17H,2-3,6-7H2,1H3. The van der Waals surface area contributed by atoms with Gasteiger partial charge in [0.05, 0.1) is 0 Å². The van der Waals surface area contributed by atoms with E-state index in [1.807, 2.05) is 13.0 Å². The van der Waals surface area contributed by atoms with Crippen molar-refractivity contribution in [2.75, 3.05) is 18.0 Å². The van der Waals surface area contributed by atoms with E-state index in [4.69, 9.17) is 4.52 Å². The Balaban J connectivity index is 1.89. The van der Waals surface area contributed by atoms with Crippen molar-refractivity contribution < 1.29 is 9.63 Å². The number of aromatic hydroxyl groups is 1. The first-order valence-corrected chi connectivity index (χ1v) is 6.13.